The second-order valence-corrected chi connectivity index (χ2v) is 5.70. The Balaban J connectivity index is 2.15. The third-order valence-electron chi connectivity index (χ3n) is 4.07. The maximum Gasteiger partial charge on any atom is 0.319 e. The Hall–Kier alpha value is -3.07. The average Bonchev–Trinajstić information content (AvgIpc) is 2.66. The van der Waals surface area contributed by atoms with Crippen LogP contribution in [0.15, 0.2) is 29.1 Å². The molecule has 23 heavy (non-hydrogen) atoms. The minimum absolute atomic E-state index is 0.0866. The van der Waals surface area contributed by atoms with E-state index >= 15 is 0 Å². The van der Waals surface area contributed by atoms with Crippen molar-refractivity contribution in [3.8, 4) is 17.2 Å². The molecule has 1 aliphatic heterocycles. The Morgan fingerprint density at radius 1 is 1.26 bits per heavy atom. The summed E-state index contributed by atoms with van der Waals surface area (Å²) in [6, 6.07) is 9.02. The molecule has 0 radical (unpaired) electrons. The van der Waals surface area contributed by atoms with Crippen LogP contribution in [0.3, 0.4) is 0 Å². The number of rotatable bonds is 1. The standard InChI is InChI=1S/C17H16N4O2/c1-9-8-19-17(23)21-15-4-3-11(5-13(9)15)14-6-12(7-18)16(22)20-10(14)2/h3-6,9H,8H2,1-2H3,(H,20,22)(H2,19,21,23). The lowest BCUT2D eigenvalue weighted by Crippen LogP contribution is -2.28. The van der Waals surface area contributed by atoms with Gasteiger partial charge in [0.25, 0.3) is 5.56 Å². The van der Waals surface area contributed by atoms with E-state index in [0.29, 0.717) is 12.2 Å². The van der Waals surface area contributed by atoms with E-state index < -0.39 is 0 Å². The number of nitrogens with zero attached hydrogens (tertiary/aromatic N) is 1. The monoisotopic (exact) mass is 308 g/mol. The van der Waals surface area contributed by atoms with Crippen LogP contribution in [0, 0.1) is 18.3 Å². The number of hydrogen-bond donors (Lipinski definition) is 3. The second-order valence-electron chi connectivity index (χ2n) is 5.70. The number of nitrogens with one attached hydrogen (secondary N) is 3. The van der Waals surface area contributed by atoms with E-state index in [1.54, 1.807) is 13.0 Å². The molecule has 0 fully saturated rings. The van der Waals surface area contributed by atoms with Crippen LogP contribution in [0.4, 0.5) is 10.5 Å². The maximum atomic E-state index is 11.7. The normalized spacial score (nSPS) is 16.6. The highest BCUT2D eigenvalue weighted by Gasteiger charge is 2.19. The molecule has 0 bridgehead atoms. The summed E-state index contributed by atoms with van der Waals surface area (Å²) >= 11 is 0. The van der Waals surface area contributed by atoms with Gasteiger partial charge in [0.15, 0.2) is 0 Å². The van der Waals surface area contributed by atoms with E-state index in [4.69, 9.17) is 5.26 Å². The highest BCUT2D eigenvalue weighted by atomic mass is 16.2. The molecule has 0 saturated heterocycles. The van der Waals surface area contributed by atoms with E-state index in [9.17, 15) is 9.59 Å². The summed E-state index contributed by atoms with van der Waals surface area (Å²) in [5.74, 6) is 0.155. The number of carbonyl (C=O) groups is 1. The summed E-state index contributed by atoms with van der Waals surface area (Å²) in [5, 5.41) is 14.7. The summed E-state index contributed by atoms with van der Waals surface area (Å²) in [6.07, 6.45) is 0. The van der Waals surface area contributed by atoms with Gasteiger partial charge in [-0.15, -0.1) is 0 Å². The molecule has 2 amide bonds. The molecule has 3 N–H and O–H groups in total. The van der Waals surface area contributed by atoms with Crippen LogP contribution in [-0.2, 0) is 0 Å². The van der Waals surface area contributed by atoms with Gasteiger partial charge in [0, 0.05) is 29.4 Å². The van der Waals surface area contributed by atoms with Crippen molar-refractivity contribution in [3.05, 3.63) is 51.4 Å². The lowest BCUT2D eigenvalue weighted by atomic mass is 9.94. The second kappa shape index (κ2) is 5.61. The third-order valence-corrected chi connectivity index (χ3v) is 4.07. The van der Waals surface area contributed by atoms with Gasteiger partial charge >= 0.3 is 6.03 Å². The number of aromatic nitrogens is 1. The first-order valence-corrected chi connectivity index (χ1v) is 7.33. The zero-order valence-corrected chi connectivity index (χ0v) is 12.9. The fourth-order valence-electron chi connectivity index (χ4n) is 2.78. The summed E-state index contributed by atoms with van der Waals surface area (Å²) < 4.78 is 0. The number of H-pyrrole nitrogens is 1. The molecule has 2 heterocycles. The number of urea groups is 1. The Labute approximate surface area is 133 Å². The van der Waals surface area contributed by atoms with Gasteiger partial charge in [0.05, 0.1) is 0 Å². The van der Waals surface area contributed by atoms with Crippen molar-refractivity contribution in [2.45, 2.75) is 19.8 Å². The number of fused-ring (bicyclic) bond motifs is 1. The molecule has 1 aromatic carbocycles. The van der Waals surface area contributed by atoms with Crippen molar-refractivity contribution in [1.82, 2.24) is 10.3 Å². The Morgan fingerprint density at radius 3 is 2.78 bits per heavy atom. The van der Waals surface area contributed by atoms with Crippen molar-refractivity contribution in [2.75, 3.05) is 11.9 Å². The van der Waals surface area contributed by atoms with E-state index in [2.05, 4.69) is 15.6 Å². The summed E-state index contributed by atoms with van der Waals surface area (Å²) in [4.78, 5) is 26.0. The first-order chi connectivity index (χ1) is 11.0. The highest BCUT2D eigenvalue weighted by Crippen LogP contribution is 2.32. The summed E-state index contributed by atoms with van der Waals surface area (Å²) in [5.41, 5.74) is 3.91. The predicted octanol–water partition coefficient (Wildman–Crippen LogP) is 2.46. The van der Waals surface area contributed by atoms with Gasteiger partial charge in [0.1, 0.15) is 11.6 Å². The molecule has 6 nitrogen and oxygen atoms in total. The van der Waals surface area contributed by atoms with Crippen molar-refractivity contribution in [1.29, 1.82) is 5.26 Å². The number of benzene rings is 1. The van der Waals surface area contributed by atoms with Crippen molar-refractivity contribution < 1.29 is 4.79 Å². The number of aromatic amines is 1. The van der Waals surface area contributed by atoms with Crippen LogP contribution in [0.1, 0.15) is 29.7 Å². The molecule has 6 heteroatoms. The predicted molar refractivity (Wildman–Crippen MR) is 87.4 cm³/mol. The van der Waals surface area contributed by atoms with Gasteiger partial charge in [-0.05, 0) is 36.2 Å². The zero-order chi connectivity index (χ0) is 16.6. The van der Waals surface area contributed by atoms with Gasteiger partial charge in [-0.2, -0.15) is 5.26 Å². The van der Waals surface area contributed by atoms with Crippen LogP contribution < -0.4 is 16.2 Å². The van der Waals surface area contributed by atoms with Crippen LogP contribution in [-0.4, -0.2) is 17.6 Å². The fourth-order valence-corrected chi connectivity index (χ4v) is 2.78. The van der Waals surface area contributed by atoms with E-state index in [-0.39, 0.29) is 23.1 Å². The maximum absolute atomic E-state index is 11.7. The Morgan fingerprint density at radius 2 is 2.04 bits per heavy atom. The van der Waals surface area contributed by atoms with Gasteiger partial charge in [-0.25, -0.2) is 4.79 Å². The van der Waals surface area contributed by atoms with Crippen molar-refractivity contribution >= 4 is 11.7 Å². The number of anilines is 1. The van der Waals surface area contributed by atoms with Crippen LogP contribution in [0.2, 0.25) is 0 Å². The number of amides is 2. The lowest BCUT2D eigenvalue weighted by Gasteiger charge is -2.14. The van der Waals surface area contributed by atoms with E-state index in [1.165, 1.54) is 0 Å². The smallest absolute Gasteiger partial charge is 0.319 e. The summed E-state index contributed by atoms with van der Waals surface area (Å²) in [7, 11) is 0. The largest absolute Gasteiger partial charge is 0.337 e. The zero-order valence-electron chi connectivity index (χ0n) is 12.9. The molecule has 0 saturated carbocycles. The first-order valence-electron chi connectivity index (χ1n) is 7.33. The Bertz CT molecular complexity index is 892. The molecule has 2 aromatic rings. The van der Waals surface area contributed by atoms with Gasteiger partial charge in [-0.3, -0.25) is 4.79 Å². The minimum Gasteiger partial charge on any atom is -0.337 e. The molecule has 3 rings (SSSR count). The molecule has 1 atom stereocenters. The lowest BCUT2D eigenvalue weighted by molar-refractivity contribution is 0.252. The van der Waals surface area contributed by atoms with Crippen LogP contribution in [0.25, 0.3) is 11.1 Å². The molecular weight excluding hydrogens is 292 g/mol. The van der Waals surface area contributed by atoms with Gasteiger partial charge in [0.2, 0.25) is 0 Å². The third kappa shape index (κ3) is 2.69. The molecular formula is C17H16N4O2. The van der Waals surface area contributed by atoms with Crippen molar-refractivity contribution in [3.63, 3.8) is 0 Å². The van der Waals surface area contributed by atoms with Crippen LogP contribution >= 0.6 is 0 Å². The van der Waals surface area contributed by atoms with E-state index in [1.807, 2.05) is 31.2 Å². The van der Waals surface area contributed by atoms with E-state index in [0.717, 1.165) is 22.4 Å². The molecule has 0 spiro atoms. The highest BCUT2D eigenvalue weighted by molar-refractivity contribution is 5.91. The number of pyridine rings is 1. The van der Waals surface area contributed by atoms with Crippen LogP contribution in [0.5, 0.6) is 0 Å². The number of aryl methyl sites for hydroxylation is 1. The van der Waals surface area contributed by atoms with Gasteiger partial charge in [-0.1, -0.05) is 13.0 Å². The molecule has 1 aliphatic rings. The number of nitriles is 1. The number of hydrogen-bond acceptors (Lipinski definition) is 3. The Kier molecular flexibility index (Phi) is 3.62. The SMILES string of the molecule is Cc1[nH]c(=O)c(C#N)cc1-c1ccc2c(c1)C(C)CNC(=O)N2. The van der Waals surface area contributed by atoms with Crippen molar-refractivity contribution in [2.24, 2.45) is 0 Å². The average molecular weight is 308 g/mol. The fraction of sp³-hybridized carbons (Fsp3) is 0.235. The molecule has 1 aromatic heterocycles. The number of carbonyl (C=O) groups excluding carboxylic acids is 1. The summed E-state index contributed by atoms with van der Waals surface area (Å²) in [6.45, 7) is 4.39. The quantitative estimate of drug-likeness (QED) is 0.754. The molecule has 1 unspecified atom stereocenters. The topological polar surface area (TPSA) is 97.8 Å². The van der Waals surface area contributed by atoms with Gasteiger partial charge < -0.3 is 15.6 Å². The molecule has 116 valence electrons. The molecule has 0 aliphatic carbocycles. The minimum atomic E-state index is -0.381. The first kappa shape index (κ1) is 14.9.